The number of nitrogens with one attached hydrogen (secondary N) is 2. The molecule has 2 atom stereocenters. The molecule has 28 heavy (non-hydrogen) atoms. The molecule has 2 rings (SSSR count). The van der Waals surface area contributed by atoms with Gasteiger partial charge in [0.05, 0.1) is 6.42 Å². The minimum absolute atomic E-state index is 0.143. The van der Waals surface area contributed by atoms with Gasteiger partial charge >= 0.3 is 5.97 Å². The summed E-state index contributed by atoms with van der Waals surface area (Å²) in [6.45, 7) is 7.08. The third-order valence-electron chi connectivity index (χ3n) is 4.73. The number of hydrogen-bond acceptors (Lipinski definition) is 3. The summed E-state index contributed by atoms with van der Waals surface area (Å²) in [6.07, 6.45) is 0.143. The van der Waals surface area contributed by atoms with Gasteiger partial charge in [-0.1, -0.05) is 70.2 Å². The molecule has 0 aliphatic carbocycles. The normalized spacial score (nSPS) is 13.4. The molecule has 0 saturated carbocycles. The third kappa shape index (κ3) is 5.31. The maximum Gasteiger partial charge on any atom is 0.326 e. The molecule has 0 saturated heterocycles. The summed E-state index contributed by atoms with van der Waals surface area (Å²) in [5.41, 5.74) is 0.879. The Labute approximate surface area is 165 Å². The molecular formula is C22H28N2O4. The molecular weight excluding hydrogens is 356 g/mol. The molecule has 0 aliphatic rings. The Hall–Kier alpha value is -2.89. The molecule has 0 heterocycles. The third-order valence-corrected chi connectivity index (χ3v) is 4.73. The van der Waals surface area contributed by atoms with Crippen molar-refractivity contribution in [3.8, 4) is 0 Å². The van der Waals surface area contributed by atoms with Crippen LogP contribution in [0, 0.1) is 11.8 Å². The summed E-state index contributed by atoms with van der Waals surface area (Å²) >= 11 is 0. The fourth-order valence-electron chi connectivity index (χ4n) is 3.14. The number of carboxylic acid groups (broad SMARTS) is 1. The van der Waals surface area contributed by atoms with Crippen LogP contribution < -0.4 is 10.6 Å². The number of carbonyl (C=O) groups excluding carboxylic acids is 2. The number of benzene rings is 2. The Bertz CT molecular complexity index is 855. The van der Waals surface area contributed by atoms with Crippen LogP contribution in [0.5, 0.6) is 0 Å². The monoisotopic (exact) mass is 384 g/mol. The zero-order valence-corrected chi connectivity index (χ0v) is 16.7. The summed E-state index contributed by atoms with van der Waals surface area (Å²) in [5.74, 6) is -2.30. The molecule has 3 N–H and O–H groups in total. The summed E-state index contributed by atoms with van der Waals surface area (Å²) in [7, 11) is 0. The van der Waals surface area contributed by atoms with Crippen molar-refractivity contribution >= 4 is 28.6 Å². The zero-order valence-electron chi connectivity index (χ0n) is 16.7. The first-order chi connectivity index (χ1) is 13.2. The molecule has 0 fully saturated rings. The summed E-state index contributed by atoms with van der Waals surface area (Å²) in [5, 5.41) is 16.6. The van der Waals surface area contributed by atoms with Crippen molar-refractivity contribution < 1.29 is 19.5 Å². The average molecular weight is 384 g/mol. The first kappa shape index (κ1) is 21.4. The van der Waals surface area contributed by atoms with Gasteiger partial charge in [-0.05, 0) is 28.2 Å². The number of rotatable bonds is 8. The largest absolute Gasteiger partial charge is 0.480 e. The van der Waals surface area contributed by atoms with E-state index in [0.29, 0.717) is 0 Å². The fourth-order valence-corrected chi connectivity index (χ4v) is 3.14. The van der Waals surface area contributed by atoms with Crippen LogP contribution in [0.4, 0.5) is 0 Å². The Morgan fingerprint density at radius 2 is 1.46 bits per heavy atom. The first-order valence-electron chi connectivity index (χ1n) is 9.50. The Balaban J connectivity index is 2.12. The summed E-state index contributed by atoms with van der Waals surface area (Å²) in [6, 6.07) is 11.8. The van der Waals surface area contributed by atoms with Crippen LogP contribution in [0.15, 0.2) is 42.5 Å². The second kappa shape index (κ2) is 9.35. The standard InChI is InChI=1S/C22H28N2O4/c1-13(2)19(21(26)24-20(14(3)4)22(27)28)23-18(25)12-16-10-7-9-15-8-5-6-11-17(15)16/h5-11,13-14,19-20H,12H2,1-4H3,(H,23,25)(H,24,26)(H,27,28)/t19-,20-/m0/s1. The molecule has 0 aliphatic heterocycles. The topological polar surface area (TPSA) is 95.5 Å². The minimum atomic E-state index is -1.09. The highest BCUT2D eigenvalue weighted by atomic mass is 16.4. The van der Waals surface area contributed by atoms with Crippen LogP contribution in [0.25, 0.3) is 10.8 Å². The highest BCUT2D eigenvalue weighted by Gasteiger charge is 2.30. The van der Waals surface area contributed by atoms with E-state index in [1.807, 2.05) is 56.3 Å². The number of amides is 2. The number of fused-ring (bicyclic) bond motifs is 1. The van der Waals surface area contributed by atoms with Crippen molar-refractivity contribution in [1.29, 1.82) is 0 Å². The molecule has 2 amide bonds. The van der Waals surface area contributed by atoms with Crippen LogP contribution in [0.1, 0.15) is 33.3 Å². The van der Waals surface area contributed by atoms with Crippen molar-refractivity contribution in [3.63, 3.8) is 0 Å². The Morgan fingerprint density at radius 3 is 2.07 bits per heavy atom. The molecule has 0 bridgehead atoms. The van der Waals surface area contributed by atoms with Gasteiger partial charge in [0.25, 0.3) is 0 Å². The van der Waals surface area contributed by atoms with E-state index < -0.39 is 24.0 Å². The molecule has 2 aromatic carbocycles. The van der Waals surface area contributed by atoms with Gasteiger partial charge in [0.15, 0.2) is 0 Å². The SMILES string of the molecule is CC(C)[C@H](NC(=O)[C@@H](NC(=O)Cc1cccc2ccccc12)C(C)C)C(=O)O. The van der Waals surface area contributed by atoms with Crippen LogP contribution >= 0.6 is 0 Å². The van der Waals surface area contributed by atoms with E-state index in [2.05, 4.69) is 10.6 Å². The van der Waals surface area contributed by atoms with E-state index in [1.54, 1.807) is 13.8 Å². The molecule has 0 spiro atoms. The predicted molar refractivity (Wildman–Crippen MR) is 109 cm³/mol. The molecule has 150 valence electrons. The van der Waals surface area contributed by atoms with E-state index >= 15 is 0 Å². The Morgan fingerprint density at radius 1 is 0.857 bits per heavy atom. The van der Waals surface area contributed by atoms with E-state index in [4.69, 9.17) is 0 Å². The lowest BCUT2D eigenvalue weighted by atomic mass is 9.99. The Kier molecular flexibility index (Phi) is 7.15. The molecule has 0 radical (unpaired) electrons. The van der Waals surface area contributed by atoms with Gasteiger partial charge in [-0.15, -0.1) is 0 Å². The van der Waals surface area contributed by atoms with E-state index in [1.165, 1.54) is 0 Å². The van der Waals surface area contributed by atoms with Gasteiger partial charge in [0.1, 0.15) is 12.1 Å². The van der Waals surface area contributed by atoms with Crippen molar-refractivity contribution in [3.05, 3.63) is 48.0 Å². The van der Waals surface area contributed by atoms with Gasteiger partial charge in [-0.25, -0.2) is 4.79 Å². The zero-order chi connectivity index (χ0) is 20.8. The second-order valence-corrected chi connectivity index (χ2v) is 7.67. The van der Waals surface area contributed by atoms with Crippen LogP contribution in [-0.2, 0) is 20.8 Å². The smallest absolute Gasteiger partial charge is 0.326 e. The average Bonchev–Trinajstić information content (AvgIpc) is 2.63. The van der Waals surface area contributed by atoms with Crippen LogP contribution in [0.3, 0.4) is 0 Å². The lowest BCUT2D eigenvalue weighted by Crippen LogP contribution is -2.55. The van der Waals surface area contributed by atoms with Gasteiger partial charge in [-0.2, -0.15) is 0 Å². The minimum Gasteiger partial charge on any atom is -0.480 e. The molecule has 2 aromatic rings. The summed E-state index contributed by atoms with van der Waals surface area (Å²) in [4.78, 5) is 36.6. The highest BCUT2D eigenvalue weighted by molar-refractivity contribution is 5.93. The van der Waals surface area contributed by atoms with Crippen molar-refractivity contribution in [2.45, 2.75) is 46.2 Å². The highest BCUT2D eigenvalue weighted by Crippen LogP contribution is 2.19. The molecule has 0 aromatic heterocycles. The van der Waals surface area contributed by atoms with Crippen molar-refractivity contribution in [2.24, 2.45) is 11.8 Å². The quantitative estimate of drug-likeness (QED) is 0.652. The van der Waals surface area contributed by atoms with Gasteiger partial charge in [0, 0.05) is 0 Å². The maximum atomic E-state index is 12.6. The lowest BCUT2D eigenvalue weighted by molar-refractivity contribution is -0.143. The molecule has 6 heteroatoms. The van der Waals surface area contributed by atoms with Crippen LogP contribution in [0.2, 0.25) is 0 Å². The maximum absolute atomic E-state index is 12.6. The lowest BCUT2D eigenvalue weighted by Gasteiger charge is -2.25. The van der Waals surface area contributed by atoms with Crippen LogP contribution in [-0.4, -0.2) is 35.0 Å². The van der Waals surface area contributed by atoms with Gasteiger partial charge < -0.3 is 15.7 Å². The number of carbonyl (C=O) groups is 3. The predicted octanol–water partition coefficient (Wildman–Crippen LogP) is 2.75. The number of carboxylic acids is 1. The molecule has 6 nitrogen and oxygen atoms in total. The fraction of sp³-hybridized carbons (Fsp3) is 0.409. The van der Waals surface area contributed by atoms with Crippen molar-refractivity contribution in [2.75, 3.05) is 0 Å². The van der Waals surface area contributed by atoms with E-state index in [-0.39, 0.29) is 24.2 Å². The number of hydrogen-bond donors (Lipinski definition) is 3. The molecule has 0 unspecified atom stereocenters. The van der Waals surface area contributed by atoms with E-state index in [0.717, 1.165) is 16.3 Å². The van der Waals surface area contributed by atoms with E-state index in [9.17, 15) is 19.5 Å². The first-order valence-corrected chi connectivity index (χ1v) is 9.50. The van der Waals surface area contributed by atoms with Gasteiger partial charge in [0.2, 0.25) is 11.8 Å². The second-order valence-electron chi connectivity index (χ2n) is 7.67. The van der Waals surface area contributed by atoms with Crippen molar-refractivity contribution in [1.82, 2.24) is 10.6 Å². The summed E-state index contributed by atoms with van der Waals surface area (Å²) < 4.78 is 0. The number of aliphatic carboxylic acids is 1. The van der Waals surface area contributed by atoms with Gasteiger partial charge in [-0.3, -0.25) is 9.59 Å².